The van der Waals surface area contributed by atoms with Gasteiger partial charge < -0.3 is 53.1 Å². The first kappa shape index (κ1) is 46.5. The summed E-state index contributed by atoms with van der Waals surface area (Å²) in [4.78, 5) is 13.0. The molecule has 0 bridgehead atoms. The summed E-state index contributed by atoms with van der Waals surface area (Å²) in [5.74, 6) is -1.82. The standard InChI is InChI=1S/C52H65NO11/c1-34-47(57-29-36-17-9-5-10-18-36)50(59-31-38-21-13-7-14-22-38)49(58-30-37-19-11-6-12-20-37)44(62-34)27-40-42(55)25-26-56-43(40)28-41-46(53-35(2)54)51(60-32-39-23-15-8-16-24-39)63-45-33-61-52(3,4)64-48(41)45/h5-24,34,40-51,55H,25-33H2,1-4H3,(H,53,54)/t34-,40+,41+,42-,43-,44-,45+,46+,47+,48-,49+,50+,51-/m0/s1. The minimum atomic E-state index is -0.892. The predicted octanol–water partition coefficient (Wildman–Crippen LogP) is 7.29. The molecule has 0 spiro atoms. The molecule has 0 aliphatic carbocycles. The lowest BCUT2D eigenvalue weighted by molar-refractivity contribution is -0.366. The fourth-order valence-corrected chi connectivity index (χ4v) is 9.77. The van der Waals surface area contributed by atoms with Crippen LogP contribution in [-0.4, -0.2) is 97.3 Å². The van der Waals surface area contributed by atoms with E-state index in [1.807, 2.05) is 130 Å². The third kappa shape index (κ3) is 12.0. The van der Waals surface area contributed by atoms with E-state index < -0.39 is 67.0 Å². The van der Waals surface area contributed by atoms with Gasteiger partial charge in [-0.25, -0.2) is 0 Å². The number of aliphatic hydroxyl groups excluding tert-OH is 1. The summed E-state index contributed by atoms with van der Waals surface area (Å²) in [5, 5.41) is 15.2. The van der Waals surface area contributed by atoms with Crippen LogP contribution in [0.4, 0.5) is 0 Å². The zero-order valence-corrected chi connectivity index (χ0v) is 37.4. The molecule has 13 atom stereocenters. The first-order chi connectivity index (χ1) is 31.1. The van der Waals surface area contributed by atoms with E-state index in [1.165, 1.54) is 6.92 Å². The van der Waals surface area contributed by atoms with Gasteiger partial charge in [-0.2, -0.15) is 0 Å². The molecule has 2 N–H and O–H groups in total. The van der Waals surface area contributed by atoms with Crippen LogP contribution in [0.25, 0.3) is 0 Å². The maximum Gasteiger partial charge on any atom is 0.217 e. The molecule has 344 valence electrons. The molecule has 12 heteroatoms. The summed E-state index contributed by atoms with van der Waals surface area (Å²) in [6, 6.07) is 39.6. The van der Waals surface area contributed by atoms with E-state index in [-0.39, 0.29) is 37.1 Å². The van der Waals surface area contributed by atoms with Crippen molar-refractivity contribution in [1.82, 2.24) is 5.32 Å². The number of amides is 1. The topological polar surface area (TPSA) is 132 Å². The normalized spacial score (nSPS) is 32.6. The number of carbonyl (C=O) groups is 1. The number of fused-ring (bicyclic) bond motifs is 1. The van der Waals surface area contributed by atoms with Crippen molar-refractivity contribution < 1.29 is 52.5 Å². The average Bonchev–Trinajstić information content (AvgIpc) is 3.30. The molecular formula is C52H65NO11. The van der Waals surface area contributed by atoms with E-state index in [9.17, 15) is 9.90 Å². The van der Waals surface area contributed by atoms with E-state index in [4.69, 9.17) is 42.6 Å². The van der Waals surface area contributed by atoms with Crippen molar-refractivity contribution in [3.63, 3.8) is 0 Å². The maximum absolute atomic E-state index is 13.0. The highest BCUT2D eigenvalue weighted by atomic mass is 16.8. The van der Waals surface area contributed by atoms with Gasteiger partial charge in [-0.05, 0) is 62.3 Å². The second kappa shape index (κ2) is 22.0. The lowest BCUT2D eigenvalue weighted by Gasteiger charge is -2.53. The van der Waals surface area contributed by atoms with Gasteiger partial charge in [0.15, 0.2) is 12.1 Å². The molecule has 4 aliphatic rings. The third-order valence-corrected chi connectivity index (χ3v) is 12.9. The Balaban J connectivity index is 1.09. The molecule has 12 nitrogen and oxygen atoms in total. The van der Waals surface area contributed by atoms with E-state index in [0.29, 0.717) is 45.7 Å². The molecule has 4 aromatic carbocycles. The van der Waals surface area contributed by atoms with Gasteiger partial charge in [0.25, 0.3) is 0 Å². The number of hydrogen-bond acceptors (Lipinski definition) is 11. The van der Waals surface area contributed by atoms with Crippen molar-refractivity contribution >= 4 is 5.91 Å². The zero-order chi connectivity index (χ0) is 44.5. The van der Waals surface area contributed by atoms with Crippen molar-refractivity contribution in [2.45, 2.75) is 146 Å². The van der Waals surface area contributed by atoms with Crippen LogP contribution in [0.1, 0.15) is 69.2 Å². The summed E-state index contributed by atoms with van der Waals surface area (Å²) in [6.45, 7) is 9.30. The number of hydrogen-bond donors (Lipinski definition) is 2. The van der Waals surface area contributed by atoms with E-state index >= 15 is 0 Å². The van der Waals surface area contributed by atoms with Crippen molar-refractivity contribution in [3.05, 3.63) is 144 Å². The molecule has 4 fully saturated rings. The Hall–Kier alpha value is -4.05. The highest BCUT2D eigenvalue weighted by Gasteiger charge is 2.54. The second-order valence-corrected chi connectivity index (χ2v) is 18.1. The van der Waals surface area contributed by atoms with Gasteiger partial charge in [-0.3, -0.25) is 4.79 Å². The lowest BCUT2D eigenvalue weighted by Crippen LogP contribution is -2.66. The third-order valence-electron chi connectivity index (χ3n) is 12.9. The number of carbonyl (C=O) groups excluding carboxylic acids is 1. The largest absolute Gasteiger partial charge is 0.393 e. The molecule has 0 radical (unpaired) electrons. The Labute approximate surface area is 377 Å². The van der Waals surface area contributed by atoms with Crippen molar-refractivity contribution in [2.24, 2.45) is 11.8 Å². The first-order valence-electron chi connectivity index (χ1n) is 22.9. The van der Waals surface area contributed by atoms with Crippen LogP contribution in [0, 0.1) is 11.8 Å². The van der Waals surface area contributed by atoms with Crippen molar-refractivity contribution in [1.29, 1.82) is 0 Å². The number of aliphatic hydroxyl groups is 1. The van der Waals surface area contributed by atoms with Gasteiger partial charge in [0, 0.05) is 25.4 Å². The number of nitrogens with one attached hydrogen (secondary N) is 1. The van der Waals surface area contributed by atoms with E-state index in [2.05, 4.69) is 17.4 Å². The summed E-state index contributed by atoms with van der Waals surface area (Å²) in [5.41, 5.74) is 4.07. The molecule has 1 amide bonds. The molecular weight excluding hydrogens is 815 g/mol. The Morgan fingerprint density at radius 3 is 1.72 bits per heavy atom. The Morgan fingerprint density at radius 1 is 0.672 bits per heavy atom. The fourth-order valence-electron chi connectivity index (χ4n) is 9.77. The van der Waals surface area contributed by atoms with Crippen LogP contribution >= 0.6 is 0 Å². The molecule has 64 heavy (non-hydrogen) atoms. The second-order valence-electron chi connectivity index (χ2n) is 18.1. The Morgan fingerprint density at radius 2 is 1.17 bits per heavy atom. The highest BCUT2D eigenvalue weighted by molar-refractivity contribution is 5.73. The smallest absolute Gasteiger partial charge is 0.217 e. The molecule has 4 aromatic rings. The van der Waals surface area contributed by atoms with Gasteiger partial charge >= 0.3 is 0 Å². The lowest BCUT2D eigenvalue weighted by atomic mass is 9.75. The maximum atomic E-state index is 13.0. The minimum absolute atomic E-state index is 0.216. The molecule has 0 aromatic heterocycles. The van der Waals surface area contributed by atoms with Crippen molar-refractivity contribution in [3.8, 4) is 0 Å². The van der Waals surface area contributed by atoms with Crippen LogP contribution in [-0.2, 0) is 73.9 Å². The zero-order valence-electron chi connectivity index (χ0n) is 37.4. The summed E-state index contributed by atoms with van der Waals surface area (Å²) >= 11 is 0. The molecule has 0 unspecified atom stereocenters. The first-order valence-corrected chi connectivity index (χ1v) is 22.9. The molecule has 4 saturated heterocycles. The van der Waals surface area contributed by atoms with Crippen LogP contribution in [0.15, 0.2) is 121 Å². The highest BCUT2D eigenvalue weighted by Crippen LogP contribution is 2.43. The number of ether oxygens (including phenoxy) is 9. The predicted molar refractivity (Wildman–Crippen MR) is 238 cm³/mol. The van der Waals surface area contributed by atoms with Gasteiger partial charge in [-0.15, -0.1) is 0 Å². The molecule has 4 aliphatic heterocycles. The van der Waals surface area contributed by atoms with Gasteiger partial charge in [0.2, 0.25) is 5.91 Å². The molecule has 8 rings (SSSR count). The summed E-state index contributed by atoms with van der Waals surface area (Å²) < 4.78 is 60.1. The van der Waals surface area contributed by atoms with Crippen LogP contribution in [0.5, 0.6) is 0 Å². The number of benzene rings is 4. The van der Waals surface area contributed by atoms with Gasteiger partial charge in [-0.1, -0.05) is 121 Å². The SMILES string of the molecule is CC(=O)N[C@H]1[C@@H](OCc2ccccc2)O[C@@H]2COC(C)(C)O[C@H]2[C@@H]1C[C@@H]1OCC[C@H](O)[C@H]1C[C@@H]1O[C@@H](C)[C@@H](OCc2ccccc2)[C@@H](OCc2ccccc2)[C@@H]1OCc1ccccc1. The van der Waals surface area contributed by atoms with E-state index in [0.717, 1.165) is 22.3 Å². The molecule has 4 heterocycles. The minimum Gasteiger partial charge on any atom is -0.393 e. The van der Waals surface area contributed by atoms with Gasteiger partial charge in [0.1, 0.15) is 24.4 Å². The molecule has 0 saturated carbocycles. The number of rotatable bonds is 17. The Bertz CT molecular complexity index is 2010. The van der Waals surface area contributed by atoms with Crippen LogP contribution in [0.3, 0.4) is 0 Å². The monoisotopic (exact) mass is 879 g/mol. The summed E-state index contributed by atoms with van der Waals surface area (Å²) in [7, 11) is 0. The quantitative estimate of drug-likeness (QED) is 0.111. The van der Waals surface area contributed by atoms with E-state index in [1.54, 1.807) is 0 Å². The van der Waals surface area contributed by atoms with Crippen LogP contribution < -0.4 is 5.32 Å². The summed E-state index contributed by atoms with van der Waals surface area (Å²) in [6.07, 6.45) is -4.03. The Kier molecular flexibility index (Phi) is 15.9. The average molecular weight is 880 g/mol. The van der Waals surface area contributed by atoms with Gasteiger partial charge in [0.05, 0.1) is 69.6 Å². The van der Waals surface area contributed by atoms with Crippen LogP contribution in [0.2, 0.25) is 0 Å². The van der Waals surface area contributed by atoms with Crippen molar-refractivity contribution in [2.75, 3.05) is 13.2 Å². The fraction of sp³-hybridized carbons (Fsp3) is 0.519.